The molecule has 2 aromatic heterocycles. The van der Waals surface area contributed by atoms with Crippen molar-refractivity contribution in [3.63, 3.8) is 0 Å². The largest absolute Gasteiger partial charge is 0.331 e. The van der Waals surface area contributed by atoms with Crippen LogP contribution in [0.1, 0.15) is 23.9 Å². The van der Waals surface area contributed by atoms with Crippen molar-refractivity contribution in [1.82, 2.24) is 19.4 Å². The molecule has 0 amide bonds. The Bertz CT molecular complexity index is 778. The maximum Gasteiger partial charge on any atom is 0.114 e. The summed E-state index contributed by atoms with van der Waals surface area (Å²) in [5.74, 6) is 1.73. The molecule has 0 saturated carbocycles. The predicted octanol–water partition coefficient (Wildman–Crippen LogP) is 2.96. The van der Waals surface area contributed by atoms with Crippen molar-refractivity contribution in [2.24, 2.45) is 7.05 Å². The van der Waals surface area contributed by atoms with Crippen LogP contribution in [0.3, 0.4) is 0 Å². The number of hydrogen-bond acceptors (Lipinski definition) is 3. The first-order valence-electron chi connectivity index (χ1n) is 7.85. The lowest BCUT2D eigenvalue weighted by Gasteiger charge is -2.15. The highest BCUT2D eigenvalue weighted by atomic mass is 15.2. The molecule has 3 heterocycles. The normalized spacial score (nSPS) is 19.0. The summed E-state index contributed by atoms with van der Waals surface area (Å²) in [6.07, 6.45) is 3.04. The van der Waals surface area contributed by atoms with E-state index < -0.39 is 0 Å². The monoisotopic (exact) mass is 292 g/mol. The van der Waals surface area contributed by atoms with E-state index in [1.165, 1.54) is 17.8 Å². The van der Waals surface area contributed by atoms with Crippen LogP contribution in [0, 0.1) is 0 Å². The topological polar surface area (TPSA) is 34.0 Å². The molecule has 1 unspecified atom stereocenters. The van der Waals surface area contributed by atoms with Crippen LogP contribution in [-0.4, -0.2) is 32.5 Å². The molecule has 0 N–H and O–H groups in total. The smallest absolute Gasteiger partial charge is 0.114 e. The summed E-state index contributed by atoms with van der Waals surface area (Å²) in [5, 5.41) is 0. The number of hydrogen-bond donors (Lipinski definition) is 0. The van der Waals surface area contributed by atoms with Gasteiger partial charge in [0.05, 0.1) is 16.7 Å². The molecule has 4 heteroatoms. The number of aromatic nitrogens is 3. The Hall–Kier alpha value is -2.20. The summed E-state index contributed by atoms with van der Waals surface area (Å²) in [5.41, 5.74) is 3.47. The Kier molecular flexibility index (Phi) is 3.39. The van der Waals surface area contributed by atoms with Gasteiger partial charge in [0, 0.05) is 32.3 Å². The second-order valence-corrected chi connectivity index (χ2v) is 6.06. The van der Waals surface area contributed by atoms with Crippen molar-refractivity contribution < 1.29 is 0 Å². The number of pyridine rings is 1. The summed E-state index contributed by atoms with van der Waals surface area (Å²) in [7, 11) is 2.13. The fourth-order valence-corrected chi connectivity index (χ4v) is 3.44. The van der Waals surface area contributed by atoms with E-state index in [0.717, 1.165) is 30.8 Å². The van der Waals surface area contributed by atoms with Gasteiger partial charge in [0.15, 0.2) is 0 Å². The molecule has 4 rings (SSSR count). The molecule has 112 valence electrons. The standard InChI is InChI=1S/C18H20N4/c1-21-17-8-3-2-7-16(17)20-18(21)14-9-11-22(12-14)13-15-6-4-5-10-19-15/h2-8,10,14H,9,11-13H2,1H3. The molecule has 1 aliphatic heterocycles. The molecule has 1 aliphatic rings. The summed E-state index contributed by atoms with van der Waals surface area (Å²) in [6, 6.07) is 14.5. The van der Waals surface area contributed by atoms with E-state index in [-0.39, 0.29) is 0 Å². The molecular weight excluding hydrogens is 272 g/mol. The zero-order valence-corrected chi connectivity index (χ0v) is 12.8. The molecule has 4 nitrogen and oxygen atoms in total. The Morgan fingerprint density at radius 1 is 1.14 bits per heavy atom. The van der Waals surface area contributed by atoms with Crippen LogP contribution in [0.5, 0.6) is 0 Å². The lowest BCUT2D eigenvalue weighted by atomic mass is 10.1. The maximum atomic E-state index is 4.86. The average Bonchev–Trinajstić information content (AvgIpc) is 3.14. The molecule has 0 spiro atoms. The van der Waals surface area contributed by atoms with Gasteiger partial charge < -0.3 is 4.57 Å². The third kappa shape index (κ3) is 2.40. The summed E-state index contributed by atoms with van der Waals surface area (Å²) in [6.45, 7) is 3.11. The van der Waals surface area contributed by atoms with E-state index in [0.29, 0.717) is 5.92 Å². The predicted molar refractivity (Wildman–Crippen MR) is 87.6 cm³/mol. The van der Waals surface area contributed by atoms with Gasteiger partial charge >= 0.3 is 0 Å². The van der Waals surface area contributed by atoms with Crippen molar-refractivity contribution in [1.29, 1.82) is 0 Å². The number of rotatable bonds is 3. The van der Waals surface area contributed by atoms with Crippen LogP contribution in [-0.2, 0) is 13.6 Å². The highest BCUT2D eigenvalue weighted by molar-refractivity contribution is 5.75. The minimum absolute atomic E-state index is 0.515. The first-order valence-corrected chi connectivity index (χ1v) is 7.85. The lowest BCUT2D eigenvalue weighted by molar-refractivity contribution is 0.321. The number of para-hydroxylation sites is 2. The Morgan fingerprint density at radius 3 is 2.82 bits per heavy atom. The van der Waals surface area contributed by atoms with Gasteiger partial charge in [-0.1, -0.05) is 18.2 Å². The van der Waals surface area contributed by atoms with Crippen molar-refractivity contribution in [3.8, 4) is 0 Å². The van der Waals surface area contributed by atoms with Crippen molar-refractivity contribution >= 4 is 11.0 Å². The molecule has 22 heavy (non-hydrogen) atoms. The van der Waals surface area contributed by atoms with Gasteiger partial charge in [-0.2, -0.15) is 0 Å². The SMILES string of the molecule is Cn1c(C2CCN(Cc3ccccn3)C2)nc2ccccc21. The zero-order valence-electron chi connectivity index (χ0n) is 12.8. The molecular formula is C18H20N4. The number of fused-ring (bicyclic) bond motifs is 1. The van der Waals surface area contributed by atoms with E-state index in [4.69, 9.17) is 4.98 Å². The van der Waals surface area contributed by atoms with Gasteiger partial charge in [-0.05, 0) is 37.2 Å². The Labute approximate surface area is 130 Å². The zero-order chi connectivity index (χ0) is 14.9. The number of aryl methyl sites for hydroxylation is 1. The van der Waals surface area contributed by atoms with Crippen LogP contribution >= 0.6 is 0 Å². The molecule has 1 saturated heterocycles. The molecule has 0 radical (unpaired) electrons. The number of imidazole rings is 1. The highest BCUT2D eigenvalue weighted by Gasteiger charge is 2.27. The van der Waals surface area contributed by atoms with E-state index in [9.17, 15) is 0 Å². The number of nitrogens with zero attached hydrogens (tertiary/aromatic N) is 4. The summed E-state index contributed by atoms with van der Waals surface area (Å²) < 4.78 is 2.25. The van der Waals surface area contributed by atoms with E-state index in [1.54, 1.807) is 0 Å². The molecule has 0 aliphatic carbocycles. The van der Waals surface area contributed by atoms with Gasteiger partial charge in [0.1, 0.15) is 5.82 Å². The Balaban J connectivity index is 1.53. The maximum absolute atomic E-state index is 4.86. The minimum atomic E-state index is 0.515. The van der Waals surface area contributed by atoms with Gasteiger partial charge in [-0.15, -0.1) is 0 Å². The third-order valence-electron chi connectivity index (χ3n) is 4.57. The third-order valence-corrected chi connectivity index (χ3v) is 4.57. The van der Waals surface area contributed by atoms with Gasteiger partial charge in [-0.3, -0.25) is 9.88 Å². The molecule has 1 fully saturated rings. The fourth-order valence-electron chi connectivity index (χ4n) is 3.44. The highest BCUT2D eigenvalue weighted by Crippen LogP contribution is 2.29. The van der Waals surface area contributed by atoms with Crippen LogP contribution in [0.4, 0.5) is 0 Å². The first-order chi connectivity index (χ1) is 10.8. The van der Waals surface area contributed by atoms with Gasteiger partial charge in [0.25, 0.3) is 0 Å². The lowest BCUT2D eigenvalue weighted by Crippen LogP contribution is -2.21. The summed E-state index contributed by atoms with van der Waals surface area (Å²) >= 11 is 0. The second kappa shape index (κ2) is 5.54. The Morgan fingerprint density at radius 2 is 2.00 bits per heavy atom. The van der Waals surface area contributed by atoms with E-state index in [2.05, 4.69) is 57.9 Å². The number of likely N-dealkylation sites (tertiary alicyclic amines) is 1. The van der Waals surface area contributed by atoms with Crippen LogP contribution in [0.25, 0.3) is 11.0 Å². The first kappa shape index (κ1) is 13.5. The molecule has 0 bridgehead atoms. The van der Waals surface area contributed by atoms with Gasteiger partial charge in [-0.25, -0.2) is 4.98 Å². The quantitative estimate of drug-likeness (QED) is 0.744. The van der Waals surface area contributed by atoms with Crippen LogP contribution < -0.4 is 0 Å². The van der Waals surface area contributed by atoms with Crippen molar-refractivity contribution in [2.75, 3.05) is 13.1 Å². The van der Waals surface area contributed by atoms with Crippen molar-refractivity contribution in [2.45, 2.75) is 18.9 Å². The van der Waals surface area contributed by atoms with Crippen molar-refractivity contribution in [3.05, 3.63) is 60.2 Å². The van der Waals surface area contributed by atoms with E-state index in [1.807, 2.05) is 12.3 Å². The molecule has 1 aromatic carbocycles. The van der Waals surface area contributed by atoms with E-state index >= 15 is 0 Å². The van der Waals surface area contributed by atoms with Crippen LogP contribution in [0.15, 0.2) is 48.7 Å². The summed E-state index contributed by atoms with van der Waals surface area (Å²) in [4.78, 5) is 11.8. The average molecular weight is 292 g/mol. The number of benzene rings is 1. The fraction of sp³-hybridized carbons (Fsp3) is 0.333. The second-order valence-electron chi connectivity index (χ2n) is 6.06. The van der Waals surface area contributed by atoms with Gasteiger partial charge in [0.2, 0.25) is 0 Å². The molecule has 1 atom stereocenters. The molecule has 3 aromatic rings. The minimum Gasteiger partial charge on any atom is -0.331 e. The van der Waals surface area contributed by atoms with Crippen LogP contribution in [0.2, 0.25) is 0 Å².